The minimum Gasteiger partial charge on any atom is -0.462 e. The van der Waals surface area contributed by atoms with Gasteiger partial charge in [0, 0.05) is 6.92 Å². The topological polar surface area (TPSA) is 26.3 Å². The second kappa shape index (κ2) is 4.92. The van der Waals surface area contributed by atoms with Crippen LogP contribution in [0.1, 0.15) is 6.92 Å². The van der Waals surface area contributed by atoms with Crippen LogP contribution in [0.5, 0.6) is 0 Å². The summed E-state index contributed by atoms with van der Waals surface area (Å²) in [7, 11) is 0. The number of hydrogen-bond donors (Lipinski definition) is 0. The zero-order valence-corrected chi connectivity index (χ0v) is 5.26. The fourth-order valence-corrected chi connectivity index (χ4v) is 0.282. The molecule has 2 nitrogen and oxygen atoms in total. The highest BCUT2D eigenvalue weighted by Gasteiger charge is 1.84. The van der Waals surface area contributed by atoms with E-state index in [-0.39, 0.29) is 12.6 Å². The summed E-state index contributed by atoms with van der Waals surface area (Å²) in [5.74, 6) is 1.97. The summed E-state index contributed by atoms with van der Waals surface area (Å²) in [5, 5.41) is 0. The molecule has 2 heteroatoms. The summed E-state index contributed by atoms with van der Waals surface area (Å²) in [4.78, 5) is 10.1. The Kier molecular flexibility index (Phi) is 4.25. The average molecular weight is 124 g/mol. The molecule has 0 aliphatic heterocycles. The molecule has 0 heterocycles. The van der Waals surface area contributed by atoms with E-state index in [9.17, 15) is 4.79 Å². The average Bonchev–Trinajstić information content (AvgIpc) is 1.80. The molecule has 9 heavy (non-hydrogen) atoms. The van der Waals surface area contributed by atoms with Crippen molar-refractivity contribution < 1.29 is 9.53 Å². The van der Waals surface area contributed by atoms with Crippen LogP contribution in [0.2, 0.25) is 0 Å². The summed E-state index contributed by atoms with van der Waals surface area (Å²) in [6.07, 6.45) is 7.96. The van der Waals surface area contributed by atoms with E-state index < -0.39 is 0 Å². The third-order valence-electron chi connectivity index (χ3n) is 0.597. The van der Waals surface area contributed by atoms with Gasteiger partial charge in [-0.2, -0.15) is 0 Å². The number of esters is 1. The van der Waals surface area contributed by atoms with Gasteiger partial charge in [0.1, 0.15) is 6.61 Å². The molecule has 0 fully saturated rings. The first kappa shape index (κ1) is 7.77. The number of allylic oxidation sites excluding steroid dienone is 1. The van der Waals surface area contributed by atoms with E-state index in [2.05, 4.69) is 10.7 Å². The highest BCUT2D eigenvalue weighted by Crippen LogP contribution is 1.76. The van der Waals surface area contributed by atoms with Crippen LogP contribution >= 0.6 is 0 Å². The van der Waals surface area contributed by atoms with Crippen LogP contribution in [-0.2, 0) is 9.53 Å². The minimum atomic E-state index is -0.295. The SMILES string of the molecule is C#CC=CCOC(C)=O. The molecular formula is C7H8O2. The molecule has 0 aromatic carbocycles. The van der Waals surface area contributed by atoms with E-state index in [0.717, 1.165) is 0 Å². The summed E-state index contributed by atoms with van der Waals surface area (Å²) in [5.41, 5.74) is 0. The molecule has 0 spiro atoms. The Balaban J connectivity index is 3.22. The Morgan fingerprint density at radius 3 is 3.00 bits per heavy atom. The summed E-state index contributed by atoms with van der Waals surface area (Å²) < 4.78 is 4.52. The smallest absolute Gasteiger partial charge is 0.302 e. The Morgan fingerprint density at radius 2 is 2.56 bits per heavy atom. The second-order valence-electron chi connectivity index (χ2n) is 1.37. The van der Waals surface area contributed by atoms with Gasteiger partial charge in [0.25, 0.3) is 0 Å². The molecule has 0 aliphatic rings. The van der Waals surface area contributed by atoms with Gasteiger partial charge in [-0.05, 0) is 12.2 Å². The molecule has 0 saturated carbocycles. The number of carbonyl (C=O) groups is 1. The zero-order chi connectivity index (χ0) is 7.11. The van der Waals surface area contributed by atoms with Crippen LogP contribution in [0.15, 0.2) is 12.2 Å². The minimum absolute atomic E-state index is 0.263. The van der Waals surface area contributed by atoms with Crippen LogP contribution < -0.4 is 0 Å². The monoisotopic (exact) mass is 124 g/mol. The van der Waals surface area contributed by atoms with Crippen molar-refractivity contribution in [1.82, 2.24) is 0 Å². The molecule has 0 unspecified atom stereocenters. The largest absolute Gasteiger partial charge is 0.462 e. The van der Waals surface area contributed by atoms with Crippen molar-refractivity contribution in [3.63, 3.8) is 0 Å². The molecule has 48 valence electrons. The van der Waals surface area contributed by atoms with Gasteiger partial charge >= 0.3 is 5.97 Å². The molecule has 0 atom stereocenters. The van der Waals surface area contributed by atoms with Crippen LogP contribution in [0.4, 0.5) is 0 Å². The molecule has 0 amide bonds. The highest BCUT2D eigenvalue weighted by atomic mass is 16.5. The van der Waals surface area contributed by atoms with Gasteiger partial charge in [0.05, 0.1) is 0 Å². The lowest BCUT2D eigenvalue weighted by molar-refractivity contribution is -0.139. The van der Waals surface area contributed by atoms with Gasteiger partial charge in [-0.1, -0.05) is 5.92 Å². The highest BCUT2D eigenvalue weighted by molar-refractivity contribution is 5.65. The predicted octanol–water partition coefficient (Wildman–Crippen LogP) is 0.739. The van der Waals surface area contributed by atoms with Crippen LogP contribution in [0.3, 0.4) is 0 Å². The van der Waals surface area contributed by atoms with E-state index in [1.165, 1.54) is 13.0 Å². The molecule has 0 saturated heterocycles. The molecule has 0 N–H and O–H groups in total. The molecule has 0 rings (SSSR count). The van der Waals surface area contributed by atoms with Gasteiger partial charge in [-0.25, -0.2) is 0 Å². The standard InChI is InChI=1S/C7H8O2/c1-3-4-5-6-9-7(2)8/h1,4-5H,6H2,2H3. The third-order valence-corrected chi connectivity index (χ3v) is 0.597. The van der Waals surface area contributed by atoms with Crippen molar-refractivity contribution in [3.05, 3.63) is 12.2 Å². The van der Waals surface area contributed by atoms with Gasteiger partial charge in [-0.15, -0.1) is 6.42 Å². The Hall–Kier alpha value is -1.23. The van der Waals surface area contributed by atoms with Crippen LogP contribution in [0.25, 0.3) is 0 Å². The van der Waals surface area contributed by atoms with Crippen molar-refractivity contribution in [2.24, 2.45) is 0 Å². The van der Waals surface area contributed by atoms with Crippen molar-refractivity contribution in [2.45, 2.75) is 6.92 Å². The third kappa shape index (κ3) is 6.77. The Bertz CT molecular complexity index is 151. The number of terminal acetylenes is 1. The van der Waals surface area contributed by atoms with E-state index in [4.69, 9.17) is 6.42 Å². The Labute approximate surface area is 54.5 Å². The summed E-state index contributed by atoms with van der Waals surface area (Å²) in [6, 6.07) is 0. The van der Waals surface area contributed by atoms with Crippen molar-refractivity contribution in [3.8, 4) is 12.3 Å². The first-order valence-electron chi connectivity index (χ1n) is 2.52. The normalized spacial score (nSPS) is 8.89. The maximum Gasteiger partial charge on any atom is 0.302 e. The molecule has 0 bridgehead atoms. The lowest BCUT2D eigenvalue weighted by atomic mass is 10.5. The lowest BCUT2D eigenvalue weighted by Crippen LogP contribution is -1.96. The molecule has 0 aliphatic carbocycles. The van der Waals surface area contributed by atoms with E-state index in [1.807, 2.05) is 0 Å². The quantitative estimate of drug-likeness (QED) is 0.401. The number of ether oxygens (including phenoxy) is 1. The van der Waals surface area contributed by atoms with Gasteiger partial charge in [0.2, 0.25) is 0 Å². The molecule has 0 aromatic heterocycles. The van der Waals surface area contributed by atoms with E-state index in [0.29, 0.717) is 0 Å². The van der Waals surface area contributed by atoms with E-state index >= 15 is 0 Å². The van der Waals surface area contributed by atoms with Crippen LogP contribution in [0, 0.1) is 12.3 Å². The number of carbonyl (C=O) groups excluding carboxylic acids is 1. The summed E-state index contributed by atoms with van der Waals surface area (Å²) in [6.45, 7) is 1.61. The fraction of sp³-hybridized carbons (Fsp3) is 0.286. The Morgan fingerprint density at radius 1 is 1.89 bits per heavy atom. The molecule has 0 radical (unpaired) electrons. The molecular weight excluding hydrogens is 116 g/mol. The van der Waals surface area contributed by atoms with Gasteiger partial charge in [-0.3, -0.25) is 4.79 Å². The maximum absolute atomic E-state index is 10.1. The first-order chi connectivity index (χ1) is 4.27. The van der Waals surface area contributed by atoms with Crippen molar-refractivity contribution >= 4 is 5.97 Å². The molecule has 0 aromatic rings. The number of hydrogen-bond acceptors (Lipinski definition) is 2. The summed E-state index contributed by atoms with van der Waals surface area (Å²) >= 11 is 0. The maximum atomic E-state index is 10.1. The number of rotatable bonds is 2. The van der Waals surface area contributed by atoms with Crippen LogP contribution in [-0.4, -0.2) is 12.6 Å². The fourth-order valence-electron chi connectivity index (χ4n) is 0.282. The van der Waals surface area contributed by atoms with Gasteiger partial charge < -0.3 is 4.74 Å². The predicted molar refractivity (Wildman–Crippen MR) is 34.6 cm³/mol. The van der Waals surface area contributed by atoms with Gasteiger partial charge in [0.15, 0.2) is 0 Å². The van der Waals surface area contributed by atoms with Crippen molar-refractivity contribution in [2.75, 3.05) is 6.61 Å². The lowest BCUT2D eigenvalue weighted by Gasteiger charge is -1.91. The van der Waals surface area contributed by atoms with Crippen molar-refractivity contribution in [1.29, 1.82) is 0 Å². The zero-order valence-electron chi connectivity index (χ0n) is 5.26. The second-order valence-corrected chi connectivity index (χ2v) is 1.37. The first-order valence-corrected chi connectivity index (χ1v) is 2.52. The van der Waals surface area contributed by atoms with E-state index in [1.54, 1.807) is 6.08 Å².